The lowest BCUT2D eigenvalue weighted by Crippen LogP contribution is -2.44. The first-order chi connectivity index (χ1) is 15.1. The normalized spacial score (nSPS) is 21.8. The zero-order chi connectivity index (χ0) is 22.1. The standard InChI is InChI=1S/C24H38N4O3/c1-18-7-8-21(22(14-18)31-17-20-10-13-30-16-20)15-27-24(25-3)26-11-9-23(29)28-12-5-4-6-19(28)2/h7-8,14,19-20H,4-6,9-13,15-17H2,1-3H3,(H2,25,26,27). The molecular weight excluding hydrogens is 392 g/mol. The van der Waals surface area contributed by atoms with Gasteiger partial charge in [-0.15, -0.1) is 0 Å². The van der Waals surface area contributed by atoms with E-state index in [-0.39, 0.29) is 5.91 Å². The van der Waals surface area contributed by atoms with Gasteiger partial charge in [-0.05, 0) is 51.2 Å². The number of carbonyl (C=O) groups excluding carboxylic acids is 1. The Balaban J connectivity index is 1.45. The number of nitrogens with zero attached hydrogens (tertiary/aromatic N) is 2. The fourth-order valence-corrected chi connectivity index (χ4v) is 4.16. The van der Waals surface area contributed by atoms with Gasteiger partial charge in [-0.2, -0.15) is 0 Å². The number of aliphatic imine (C=N–C) groups is 1. The highest BCUT2D eigenvalue weighted by Gasteiger charge is 2.22. The number of carbonyl (C=O) groups is 1. The van der Waals surface area contributed by atoms with Crippen LogP contribution in [-0.4, -0.2) is 62.8 Å². The van der Waals surface area contributed by atoms with Crippen molar-refractivity contribution in [2.75, 3.05) is 40.0 Å². The fourth-order valence-electron chi connectivity index (χ4n) is 4.16. The van der Waals surface area contributed by atoms with Crippen molar-refractivity contribution in [2.45, 2.75) is 58.5 Å². The monoisotopic (exact) mass is 430 g/mol. The molecule has 7 nitrogen and oxygen atoms in total. The van der Waals surface area contributed by atoms with Gasteiger partial charge in [0.15, 0.2) is 5.96 Å². The smallest absolute Gasteiger partial charge is 0.224 e. The van der Waals surface area contributed by atoms with Crippen LogP contribution in [0.5, 0.6) is 5.75 Å². The zero-order valence-electron chi connectivity index (χ0n) is 19.3. The predicted octanol–water partition coefficient (Wildman–Crippen LogP) is 2.87. The summed E-state index contributed by atoms with van der Waals surface area (Å²) in [6, 6.07) is 6.63. The van der Waals surface area contributed by atoms with Gasteiger partial charge < -0.3 is 25.0 Å². The molecule has 2 heterocycles. The number of guanidine groups is 1. The Bertz CT molecular complexity index is 746. The van der Waals surface area contributed by atoms with E-state index in [1.165, 1.54) is 12.0 Å². The quantitative estimate of drug-likeness (QED) is 0.490. The Kier molecular flexibility index (Phi) is 9.00. The Morgan fingerprint density at radius 1 is 1.29 bits per heavy atom. The van der Waals surface area contributed by atoms with E-state index >= 15 is 0 Å². The third-order valence-electron chi connectivity index (χ3n) is 6.15. The van der Waals surface area contributed by atoms with Gasteiger partial charge in [-0.3, -0.25) is 9.79 Å². The Morgan fingerprint density at radius 3 is 2.90 bits per heavy atom. The van der Waals surface area contributed by atoms with Crippen LogP contribution < -0.4 is 15.4 Å². The van der Waals surface area contributed by atoms with Gasteiger partial charge >= 0.3 is 0 Å². The van der Waals surface area contributed by atoms with Crippen molar-refractivity contribution in [1.29, 1.82) is 0 Å². The molecule has 0 radical (unpaired) electrons. The zero-order valence-corrected chi connectivity index (χ0v) is 19.3. The summed E-state index contributed by atoms with van der Waals surface area (Å²) in [5, 5.41) is 6.61. The summed E-state index contributed by atoms with van der Waals surface area (Å²) in [5.41, 5.74) is 2.26. The molecule has 0 aromatic heterocycles. The molecule has 172 valence electrons. The lowest BCUT2D eigenvalue weighted by atomic mass is 10.0. The molecular formula is C24H38N4O3. The van der Waals surface area contributed by atoms with E-state index in [2.05, 4.69) is 47.7 Å². The van der Waals surface area contributed by atoms with Crippen LogP contribution >= 0.6 is 0 Å². The van der Waals surface area contributed by atoms with E-state index in [9.17, 15) is 4.79 Å². The van der Waals surface area contributed by atoms with E-state index in [0.717, 1.165) is 50.3 Å². The molecule has 2 N–H and O–H groups in total. The molecule has 0 spiro atoms. The van der Waals surface area contributed by atoms with Crippen molar-refractivity contribution in [3.8, 4) is 5.75 Å². The number of hydrogen-bond acceptors (Lipinski definition) is 4. The van der Waals surface area contributed by atoms with Crippen LogP contribution in [0.3, 0.4) is 0 Å². The van der Waals surface area contributed by atoms with Gasteiger partial charge in [0.2, 0.25) is 5.91 Å². The number of likely N-dealkylation sites (tertiary alicyclic amines) is 1. The van der Waals surface area contributed by atoms with Gasteiger partial charge in [0, 0.05) is 57.2 Å². The number of nitrogens with one attached hydrogen (secondary N) is 2. The molecule has 0 bridgehead atoms. The van der Waals surface area contributed by atoms with Crippen LogP contribution in [0.25, 0.3) is 0 Å². The Hall–Kier alpha value is -2.28. The fraction of sp³-hybridized carbons (Fsp3) is 0.667. The summed E-state index contributed by atoms with van der Waals surface area (Å²) in [7, 11) is 1.75. The van der Waals surface area contributed by atoms with Crippen LogP contribution in [0, 0.1) is 12.8 Å². The summed E-state index contributed by atoms with van der Waals surface area (Å²) in [5.74, 6) is 2.29. The average Bonchev–Trinajstić information content (AvgIpc) is 3.29. The molecule has 2 saturated heterocycles. The third kappa shape index (κ3) is 7.13. The summed E-state index contributed by atoms with van der Waals surface area (Å²) in [6.07, 6.45) is 4.98. The van der Waals surface area contributed by atoms with E-state index in [1.807, 2.05) is 4.90 Å². The summed E-state index contributed by atoms with van der Waals surface area (Å²) >= 11 is 0. The maximum atomic E-state index is 12.5. The number of hydrogen-bond donors (Lipinski definition) is 2. The molecule has 31 heavy (non-hydrogen) atoms. The van der Waals surface area contributed by atoms with Crippen molar-refractivity contribution < 1.29 is 14.3 Å². The number of ether oxygens (including phenoxy) is 2. The SMILES string of the molecule is CN=C(NCCC(=O)N1CCCCC1C)NCc1ccc(C)cc1OCC1CCOC1. The molecule has 1 aromatic rings. The minimum Gasteiger partial charge on any atom is -0.493 e. The van der Waals surface area contributed by atoms with Crippen molar-refractivity contribution in [1.82, 2.24) is 15.5 Å². The average molecular weight is 431 g/mol. The first-order valence-corrected chi connectivity index (χ1v) is 11.6. The number of amides is 1. The molecule has 1 aromatic carbocycles. The molecule has 2 unspecified atom stereocenters. The minimum atomic E-state index is 0.222. The van der Waals surface area contributed by atoms with Gasteiger partial charge in [0.05, 0.1) is 13.2 Å². The highest BCUT2D eigenvalue weighted by Crippen LogP contribution is 2.22. The molecule has 2 aliphatic rings. The van der Waals surface area contributed by atoms with Crippen LogP contribution in [0.2, 0.25) is 0 Å². The van der Waals surface area contributed by atoms with Crippen LogP contribution in [0.4, 0.5) is 0 Å². The van der Waals surface area contributed by atoms with Gasteiger partial charge in [-0.25, -0.2) is 0 Å². The summed E-state index contributed by atoms with van der Waals surface area (Å²) in [4.78, 5) is 18.8. The second-order valence-corrected chi connectivity index (χ2v) is 8.69. The van der Waals surface area contributed by atoms with E-state index < -0.39 is 0 Å². The topological polar surface area (TPSA) is 75.2 Å². The second-order valence-electron chi connectivity index (χ2n) is 8.69. The Morgan fingerprint density at radius 2 is 2.16 bits per heavy atom. The summed E-state index contributed by atoms with van der Waals surface area (Å²) in [6.45, 7) is 8.57. The van der Waals surface area contributed by atoms with Crippen LogP contribution in [0.15, 0.2) is 23.2 Å². The van der Waals surface area contributed by atoms with Crippen molar-refractivity contribution >= 4 is 11.9 Å². The van der Waals surface area contributed by atoms with Crippen LogP contribution in [0.1, 0.15) is 50.2 Å². The Labute approximate surface area is 186 Å². The molecule has 0 saturated carbocycles. The second kappa shape index (κ2) is 11.9. The van der Waals surface area contributed by atoms with Crippen molar-refractivity contribution in [3.63, 3.8) is 0 Å². The molecule has 2 aliphatic heterocycles. The van der Waals surface area contributed by atoms with E-state index in [1.54, 1.807) is 7.05 Å². The predicted molar refractivity (Wildman–Crippen MR) is 123 cm³/mol. The molecule has 1 amide bonds. The maximum Gasteiger partial charge on any atom is 0.224 e. The highest BCUT2D eigenvalue weighted by atomic mass is 16.5. The molecule has 3 rings (SSSR count). The van der Waals surface area contributed by atoms with Crippen molar-refractivity contribution in [3.05, 3.63) is 29.3 Å². The van der Waals surface area contributed by atoms with Crippen LogP contribution in [-0.2, 0) is 16.1 Å². The first kappa shape index (κ1) is 23.4. The van der Waals surface area contributed by atoms with Gasteiger partial charge in [0.25, 0.3) is 0 Å². The number of rotatable bonds is 8. The van der Waals surface area contributed by atoms with E-state index in [4.69, 9.17) is 9.47 Å². The number of aryl methyl sites for hydroxylation is 1. The number of benzene rings is 1. The minimum absolute atomic E-state index is 0.222. The lowest BCUT2D eigenvalue weighted by molar-refractivity contribution is -0.134. The largest absolute Gasteiger partial charge is 0.493 e. The maximum absolute atomic E-state index is 12.5. The molecule has 2 fully saturated rings. The van der Waals surface area contributed by atoms with Gasteiger partial charge in [-0.1, -0.05) is 12.1 Å². The highest BCUT2D eigenvalue weighted by molar-refractivity contribution is 5.81. The van der Waals surface area contributed by atoms with Gasteiger partial charge in [0.1, 0.15) is 5.75 Å². The molecule has 0 aliphatic carbocycles. The first-order valence-electron chi connectivity index (χ1n) is 11.6. The lowest BCUT2D eigenvalue weighted by Gasteiger charge is -2.33. The molecule has 2 atom stereocenters. The van der Waals surface area contributed by atoms with E-state index in [0.29, 0.717) is 44.0 Å². The summed E-state index contributed by atoms with van der Waals surface area (Å²) < 4.78 is 11.6. The molecule has 7 heteroatoms. The van der Waals surface area contributed by atoms with Crippen molar-refractivity contribution in [2.24, 2.45) is 10.9 Å². The third-order valence-corrected chi connectivity index (χ3v) is 6.15. The number of piperidine rings is 1.